The van der Waals surface area contributed by atoms with Crippen molar-refractivity contribution in [1.82, 2.24) is 4.57 Å². The Hall–Kier alpha value is -8.26. The molecule has 1 aromatic heterocycles. The van der Waals surface area contributed by atoms with Gasteiger partial charge in [-0.1, -0.05) is 212 Å². The Bertz CT molecular complexity index is 3860. The molecule has 0 amide bonds. The maximum atomic E-state index is 2.46. The number of nitrogens with zero attached hydrogens (tertiary/aromatic N) is 1. The van der Waals surface area contributed by atoms with Crippen molar-refractivity contribution in [3.8, 4) is 50.2 Å². The van der Waals surface area contributed by atoms with Crippen molar-refractivity contribution < 1.29 is 0 Å². The van der Waals surface area contributed by atoms with Crippen LogP contribution in [0.15, 0.2) is 237 Å². The maximum absolute atomic E-state index is 2.46. The summed E-state index contributed by atoms with van der Waals surface area (Å²) in [5.41, 5.74) is 13.3. The van der Waals surface area contributed by atoms with Crippen molar-refractivity contribution in [3.63, 3.8) is 0 Å². The molecule has 0 aliphatic rings. The van der Waals surface area contributed by atoms with E-state index in [0.717, 1.165) is 5.69 Å². The van der Waals surface area contributed by atoms with Crippen LogP contribution < -0.4 is 0 Å². The SMILES string of the molecule is c1ccc(-c2cccc(-c3cccc4c5ccccc5n(-c5ccccc5)c34)c2-c2c3ccccc3c(-c3ccc4c5ccccc5c5ccccc5c4c3)c3ccccc23)cc1. The minimum absolute atomic E-state index is 1.15. The first-order valence-electron chi connectivity index (χ1n) is 21.9. The molecule has 0 N–H and O–H groups in total. The first-order chi connectivity index (χ1) is 31.3. The van der Waals surface area contributed by atoms with Gasteiger partial charge in [-0.3, -0.25) is 0 Å². The van der Waals surface area contributed by atoms with E-state index in [1.807, 2.05) is 0 Å². The van der Waals surface area contributed by atoms with Gasteiger partial charge in [0.2, 0.25) is 0 Å². The zero-order valence-electron chi connectivity index (χ0n) is 34.5. The molecule has 0 radical (unpaired) electrons. The van der Waals surface area contributed by atoms with Crippen molar-refractivity contribution in [2.75, 3.05) is 0 Å². The highest BCUT2D eigenvalue weighted by Crippen LogP contribution is 2.51. The molecule has 1 nitrogen and oxygen atoms in total. The van der Waals surface area contributed by atoms with Crippen LogP contribution in [0.25, 0.3) is 126 Å². The fourth-order valence-corrected chi connectivity index (χ4v) is 10.8. The lowest BCUT2D eigenvalue weighted by molar-refractivity contribution is 1.18. The zero-order valence-corrected chi connectivity index (χ0v) is 34.5. The van der Waals surface area contributed by atoms with Gasteiger partial charge in [0.15, 0.2) is 0 Å². The van der Waals surface area contributed by atoms with E-state index in [-0.39, 0.29) is 0 Å². The molecule has 13 aromatic rings. The molecular weight excluding hydrogens is 759 g/mol. The van der Waals surface area contributed by atoms with Gasteiger partial charge in [0.25, 0.3) is 0 Å². The van der Waals surface area contributed by atoms with Gasteiger partial charge in [-0.25, -0.2) is 0 Å². The molecule has 0 fully saturated rings. The fourth-order valence-electron chi connectivity index (χ4n) is 10.8. The Balaban J connectivity index is 1.16. The second-order valence-corrected chi connectivity index (χ2v) is 16.7. The van der Waals surface area contributed by atoms with Crippen LogP contribution in [0.5, 0.6) is 0 Å². The Morgan fingerprint density at radius 2 is 0.667 bits per heavy atom. The van der Waals surface area contributed by atoms with Gasteiger partial charge in [-0.2, -0.15) is 0 Å². The minimum atomic E-state index is 1.15. The second-order valence-electron chi connectivity index (χ2n) is 16.7. The average molecular weight is 798 g/mol. The number of rotatable bonds is 5. The molecular formula is C62H39N. The Morgan fingerprint density at radius 1 is 0.222 bits per heavy atom. The number of hydrogen-bond acceptors (Lipinski definition) is 0. The Kier molecular flexibility index (Phi) is 7.98. The number of hydrogen-bond donors (Lipinski definition) is 0. The molecule has 1 heteroatoms. The third-order valence-electron chi connectivity index (χ3n) is 13.4. The summed E-state index contributed by atoms with van der Waals surface area (Å²) in [6.07, 6.45) is 0. The predicted octanol–water partition coefficient (Wildman–Crippen LogP) is 17.2. The lowest BCUT2D eigenvalue weighted by Crippen LogP contribution is -1.98. The molecule has 0 spiro atoms. The van der Waals surface area contributed by atoms with Crippen LogP contribution in [0.3, 0.4) is 0 Å². The first-order valence-corrected chi connectivity index (χ1v) is 21.9. The molecule has 0 unspecified atom stereocenters. The number of fused-ring (bicyclic) bond motifs is 11. The van der Waals surface area contributed by atoms with Crippen molar-refractivity contribution in [2.24, 2.45) is 0 Å². The summed E-state index contributed by atoms with van der Waals surface area (Å²) in [6.45, 7) is 0. The molecule has 0 saturated heterocycles. The topological polar surface area (TPSA) is 4.93 Å². The van der Waals surface area contributed by atoms with Crippen molar-refractivity contribution in [3.05, 3.63) is 237 Å². The fraction of sp³-hybridized carbons (Fsp3) is 0. The monoisotopic (exact) mass is 797 g/mol. The van der Waals surface area contributed by atoms with E-state index >= 15 is 0 Å². The molecule has 0 aliphatic carbocycles. The highest BCUT2D eigenvalue weighted by Gasteiger charge is 2.25. The van der Waals surface area contributed by atoms with Crippen LogP contribution >= 0.6 is 0 Å². The quantitative estimate of drug-likeness (QED) is 0.121. The molecule has 13 rings (SSSR count). The number of aromatic nitrogens is 1. The summed E-state index contributed by atoms with van der Waals surface area (Å²) in [5.74, 6) is 0. The van der Waals surface area contributed by atoms with Gasteiger partial charge in [0.05, 0.1) is 11.0 Å². The van der Waals surface area contributed by atoms with Gasteiger partial charge < -0.3 is 4.57 Å². The van der Waals surface area contributed by atoms with E-state index in [1.165, 1.54) is 120 Å². The molecule has 0 aliphatic heterocycles. The molecule has 0 bridgehead atoms. The Labute approximate surface area is 365 Å². The van der Waals surface area contributed by atoms with Crippen molar-refractivity contribution >= 4 is 75.7 Å². The first kappa shape index (κ1) is 35.5. The summed E-state index contributed by atoms with van der Waals surface area (Å²) >= 11 is 0. The van der Waals surface area contributed by atoms with Crippen LogP contribution in [0, 0.1) is 0 Å². The third-order valence-corrected chi connectivity index (χ3v) is 13.4. The highest BCUT2D eigenvalue weighted by molar-refractivity contribution is 6.28. The summed E-state index contributed by atoms with van der Waals surface area (Å²) in [7, 11) is 0. The van der Waals surface area contributed by atoms with E-state index in [0.29, 0.717) is 0 Å². The average Bonchev–Trinajstić information content (AvgIpc) is 3.71. The number of benzene rings is 12. The van der Waals surface area contributed by atoms with Crippen LogP contribution in [-0.4, -0.2) is 4.57 Å². The minimum Gasteiger partial charge on any atom is -0.309 e. The summed E-state index contributed by atoms with van der Waals surface area (Å²) in [6, 6.07) is 87.4. The van der Waals surface area contributed by atoms with Crippen molar-refractivity contribution in [1.29, 1.82) is 0 Å². The standard InChI is InChI=1S/C62H39N/c1-3-19-40(20-4-1)43-32-17-33-54(56-35-18-34-55-49-27-15-16-36-58(49)63(62(55)56)42-21-5-2-6-22-42)60(43)61-52-30-13-11-28-50(52)59(51-29-12-14-31-53(51)61)41-37-38-48-46-25-8-7-23-44(46)45-24-9-10-26-47(45)57(48)39-41/h1-39H. The second kappa shape index (κ2) is 14.2. The maximum Gasteiger partial charge on any atom is 0.0619 e. The smallest absolute Gasteiger partial charge is 0.0619 e. The van der Waals surface area contributed by atoms with Gasteiger partial charge in [0, 0.05) is 22.0 Å². The molecule has 12 aromatic carbocycles. The molecule has 0 saturated carbocycles. The van der Waals surface area contributed by atoms with Gasteiger partial charge in [0.1, 0.15) is 0 Å². The highest BCUT2D eigenvalue weighted by atomic mass is 15.0. The zero-order chi connectivity index (χ0) is 41.4. The van der Waals surface area contributed by atoms with Crippen LogP contribution in [0.4, 0.5) is 0 Å². The lowest BCUT2D eigenvalue weighted by atomic mass is 9.80. The molecule has 0 atom stereocenters. The van der Waals surface area contributed by atoms with E-state index in [4.69, 9.17) is 0 Å². The van der Waals surface area contributed by atoms with Crippen molar-refractivity contribution in [2.45, 2.75) is 0 Å². The van der Waals surface area contributed by atoms with Gasteiger partial charge in [-0.15, -0.1) is 0 Å². The molecule has 1 heterocycles. The Morgan fingerprint density at radius 3 is 1.30 bits per heavy atom. The van der Waals surface area contributed by atoms with E-state index in [1.54, 1.807) is 0 Å². The predicted molar refractivity (Wildman–Crippen MR) is 270 cm³/mol. The lowest BCUT2D eigenvalue weighted by Gasteiger charge is -2.23. The van der Waals surface area contributed by atoms with Crippen LogP contribution in [-0.2, 0) is 0 Å². The summed E-state index contributed by atoms with van der Waals surface area (Å²) in [4.78, 5) is 0. The van der Waals surface area contributed by atoms with E-state index < -0.39 is 0 Å². The van der Waals surface area contributed by atoms with Crippen LogP contribution in [0.2, 0.25) is 0 Å². The van der Waals surface area contributed by atoms with Gasteiger partial charge in [-0.05, 0) is 117 Å². The van der Waals surface area contributed by atoms with E-state index in [2.05, 4.69) is 241 Å². The number of para-hydroxylation sites is 3. The largest absolute Gasteiger partial charge is 0.309 e. The molecule has 292 valence electrons. The third kappa shape index (κ3) is 5.37. The van der Waals surface area contributed by atoms with Crippen LogP contribution in [0.1, 0.15) is 0 Å². The molecule has 63 heavy (non-hydrogen) atoms. The summed E-state index contributed by atoms with van der Waals surface area (Å²) in [5, 5.41) is 15.1. The van der Waals surface area contributed by atoms with E-state index in [9.17, 15) is 0 Å². The summed E-state index contributed by atoms with van der Waals surface area (Å²) < 4.78 is 2.46. The van der Waals surface area contributed by atoms with Gasteiger partial charge >= 0.3 is 0 Å². The normalized spacial score (nSPS) is 11.8.